The number of esters is 1. The van der Waals surface area contributed by atoms with Crippen molar-refractivity contribution < 1.29 is 37.3 Å². The standard InChI is InChI=1S/C63H125N2O7P/c1-7-10-13-16-19-22-25-27-29-30-31-32-33-34-36-38-41-44-47-50-53-56-63(67)72-61(54-51-48-45-42-39-24-21-18-15-12-9-3)60(59-71-73(68,69)70-58-57-65(4,5)6)64-62(66)55-52-49-46-43-40-37-35-28-26-23-20-17-14-11-8-2/h51,54,60-61H,7-50,52-53,55-59H2,1-6H3,(H-,64,66,68,69)/b54-51-. The van der Waals surface area contributed by atoms with Gasteiger partial charge in [-0.05, 0) is 31.8 Å². The molecule has 3 atom stereocenters. The predicted molar refractivity (Wildman–Crippen MR) is 312 cm³/mol. The highest BCUT2D eigenvalue weighted by molar-refractivity contribution is 7.45. The fraction of sp³-hybridized carbons (Fsp3) is 0.937. The molecule has 0 saturated carbocycles. The van der Waals surface area contributed by atoms with Gasteiger partial charge in [0.25, 0.3) is 7.82 Å². The van der Waals surface area contributed by atoms with Gasteiger partial charge < -0.3 is 28.5 Å². The highest BCUT2D eigenvalue weighted by Crippen LogP contribution is 2.38. The smallest absolute Gasteiger partial charge is 0.306 e. The number of allylic oxidation sites excluding steroid dienone is 1. The molecule has 0 fully saturated rings. The number of ether oxygens (including phenoxy) is 1. The minimum absolute atomic E-state index is 0.0168. The van der Waals surface area contributed by atoms with Crippen molar-refractivity contribution in [3.05, 3.63) is 12.2 Å². The molecule has 0 bridgehead atoms. The van der Waals surface area contributed by atoms with Crippen molar-refractivity contribution in [1.29, 1.82) is 0 Å². The Morgan fingerprint density at radius 3 is 1.12 bits per heavy atom. The number of hydrogen-bond acceptors (Lipinski definition) is 7. The molecular formula is C63H125N2O7P. The third kappa shape index (κ3) is 55.3. The van der Waals surface area contributed by atoms with E-state index in [9.17, 15) is 19.0 Å². The summed E-state index contributed by atoms with van der Waals surface area (Å²) in [5.41, 5.74) is 0. The van der Waals surface area contributed by atoms with Gasteiger partial charge in [0.15, 0.2) is 0 Å². The number of nitrogens with zero attached hydrogens (tertiary/aromatic N) is 1. The Hall–Kier alpha value is -1.25. The molecule has 3 unspecified atom stereocenters. The molecule has 1 amide bonds. The number of carbonyl (C=O) groups excluding carboxylic acids is 2. The summed E-state index contributed by atoms with van der Waals surface area (Å²) in [6.45, 7) is 6.89. The lowest BCUT2D eigenvalue weighted by atomic mass is 10.0. The van der Waals surface area contributed by atoms with Gasteiger partial charge in [0.05, 0.1) is 33.8 Å². The number of phosphoric ester groups is 1. The number of quaternary nitrogens is 1. The fourth-order valence-corrected chi connectivity index (χ4v) is 10.5. The lowest BCUT2D eigenvalue weighted by Gasteiger charge is -2.30. The first-order chi connectivity index (χ1) is 35.4. The first-order valence-electron chi connectivity index (χ1n) is 32.0. The molecule has 0 aliphatic rings. The monoisotopic (exact) mass is 1050 g/mol. The van der Waals surface area contributed by atoms with E-state index in [0.29, 0.717) is 17.4 Å². The summed E-state index contributed by atoms with van der Waals surface area (Å²) in [5, 5.41) is 3.04. The van der Waals surface area contributed by atoms with Gasteiger partial charge in [0, 0.05) is 12.8 Å². The number of unbranched alkanes of at least 4 members (excludes halogenated alkanes) is 43. The van der Waals surface area contributed by atoms with E-state index in [0.717, 1.165) is 57.8 Å². The Balaban J connectivity index is 5.11. The number of hydrogen-bond donors (Lipinski definition) is 1. The first-order valence-corrected chi connectivity index (χ1v) is 33.5. The number of likely N-dealkylation sites (N-methyl/N-ethyl adjacent to an activating group) is 1. The molecule has 0 radical (unpaired) electrons. The van der Waals surface area contributed by atoms with Gasteiger partial charge in [-0.3, -0.25) is 14.2 Å². The van der Waals surface area contributed by atoms with Crippen LogP contribution < -0.4 is 10.2 Å². The summed E-state index contributed by atoms with van der Waals surface area (Å²) in [4.78, 5) is 40.0. The van der Waals surface area contributed by atoms with Gasteiger partial charge in [-0.1, -0.05) is 297 Å². The number of amides is 1. The Morgan fingerprint density at radius 1 is 0.466 bits per heavy atom. The molecule has 0 heterocycles. The maximum Gasteiger partial charge on any atom is 0.306 e. The molecule has 0 aliphatic heterocycles. The van der Waals surface area contributed by atoms with Crippen LogP contribution in [0.2, 0.25) is 0 Å². The van der Waals surface area contributed by atoms with Crippen molar-refractivity contribution >= 4 is 19.7 Å². The maximum atomic E-state index is 13.5. The van der Waals surface area contributed by atoms with Crippen molar-refractivity contribution in [1.82, 2.24) is 5.32 Å². The van der Waals surface area contributed by atoms with E-state index >= 15 is 0 Å². The third-order valence-corrected chi connectivity index (χ3v) is 15.7. The lowest BCUT2D eigenvalue weighted by Crippen LogP contribution is -2.47. The van der Waals surface area contributed by atoms with Gasteiger partial charge in [-0.2, -0.15) is 0 Å². The summed E-state index contributed by atoms with van der Waals surface area (Å²) in [6.07, 6.45) is 61.8. The second-order valence-corrected chi connectivity index (χ2v) is 24.7. The Bertz CT molecular complexity index is 1260. The second kappa shape index (κ2) is 54.1. The molecule has 0 aromatic heterocycles. The molecule has 9 nitrogen and oxygen atoms in total. The van der Waals surface area contributed by atoms with E-state index in [1.807, 2.05) is 33.3 Å². The SMILES string of the molecule is CCCCCCCCCCC/C=C\C(OC(=O)CCCCCCCCCCCCCCCCCCCCCCC)C(COP(=O)([O-])OCC[N+](C)(C)C)NC(=O)CCCCCCCCCCCCCCCCC. The zero-order chi connectivity index (χ0) is 53.6. The molecule has 10 heteroatoms. The second-order valence-electron chi connectivity index (χ2n) is 23.3. The van der Waals surface area contributed by atoms with E-state index in [2.05, 4.69) is 26.1 Å². The molecule has 434 valence electrons. The molecular weight excluding hydrogens is 928 g/mol. The van der Waals surface area contributed by atoms with Crippen LogP contribution in [-0.4, -0.2) is 69.4 Å². The zero-order valence-electron chi connectivity index (χ0n) is 49.6. The van der Waals surface area contributed by atoms with Crippen LogP contribution in [-0.2, 0) is 27.9 Å². The van der Waals surface area contributed by atoms with Gasteiger partial charge in [0.2, 0.25) is 5.91 Å². The highest BCUT2D eigenvalue weighted by Gasteiger charge is 2.27. The number of carbonyl (C=O) groups is 2. The zero-order valence-corrected chi connectivity index (χ0v) is 50.5. The molecule has 0 saturated heterocycles. The molecule has 0 spiro atoms. The van der Waals surface area contributed by atoms with Gasteiger partial charge in [-0.15, -0.1) is 0 Å². The predicted octanol–water partition coefficient (Wildman–Crippen LogP) is 18.9. The molecule has 73 heavy (non-hydrogen) atoms. The molecule has 0 aromatic carbocycles. The quantitative estimate of drug-likeness (QED) is 0.0212. The lowest BCUT2D eigenvalue weighted by molar-refractivity contribution is -0.870. The van der Waals surface area contributed by atoms with E-state index < -0.39 is 20.0 Å². The molecule has 0 aromatic rings. The first kappa shape index (κ1) is 71.8. The summed E-state index contributed by atoms with van der Waals surface area (Å²) < 4.78 is 30.3. The summed E-state index contributed by atoms with van der Waals surface area (Å²) in [5.74, 6) is -0.519. The minimum atomic E-state index is -4.69. The summed E-state index contributed by atoms with van der Waals surface area (Å²) in [6, 6.07) is -0.879. The molecule has 0 aliphatic carbocycles. The third-order valence-electron chi connectivity index (χ3n) is 14.7. The van der Waals surface area contributed by atoms with E-state index in [1.54, 1.807) is 0 Å². The van der Waals surface area contributed by atoms with Crippen molar-refractivity contribution in [3.8, 4) is 0 Å². The maximum absolute atomic E-state index is 13.5. The number of nitrogens with one attached hydrogen (secondary N) is 1. The van der Waals surface area contributed by atoms with Crippen molar-refractivity contribution in [2.75, 3.05) is 40.9 Å². The fourth-order valence-electron chi connectivity index (χ4n) is 9.76. The van der Waals surface area contributed by atoms with Crippen LogP contribution in [0.25, 0.3) is 0 Å². The van der Waals surface area contributed by atoms with Crippen molar-refractivity contribution in [3.63, 3.8) is 0 Å². The topological polar surface area (TPSA) is 114 Å². The molecule has 1 N–H and O–H groups in total. The number of rotatable bonds is 59. The van der Waals surface area contributed by atoms with E-state index in [1.165, 1.54) is 238 Å². The summed E-state index contributed by atoms with van der Waals surface area (Å²) >= 11 is 0. The molecule has 0 rings (SSSR count). The Morgan fingerprint density at radius 2 is 0.781 bits per heavy atom. The van der Waals surface area contributed by atoms with Gasteiger partial charge in [-0.25, -0.2) is 0 Å². The Kier molecular flexibility index (Phi) is 53.2. The highest BCUT2D eigenvalue weighted by atomic mass is 31.2. The van der Waals surface area contributed by atoms with Crippen LogP contribution in [0.1, 0.15) is 329 Å². The average Bonchev–Trinajstić information content (AvgIpc) is 3.35. The van der Waals surface area contributed by atoms with Crippen molar-refractivity contribution in [2.24, 2.45) is 0 Å². The largest absolute Gasteiger partial charge is 0.756 e. The van der Waals surface area contributed by atoms with Crippen LogP contribution in [0.3, 0.4) is 0 Å². The normalized spacial score (nSPS) is 13.7. The van der Waals surface area contributed by atoms with Crippen LogP contribution >= 0.6 is 7.82 Å². The van der Waals surface area contributed by atoms with Crippen LogP contribution in [0.5, 0.6) is 0 Å². The van der Waals surface area contributed by atoms with Gasteiger partial charge in [0.1, 0.15) is 19.3 Å². The minimum Gasteiger partial charge on any atom is -0.756 e. The number of phosphoric acid groups is 1. The summed E-state index contributed by atoms with van der Waals surface area (Å²) in [7, 11) is 1.21. The Labute approximate surface area is 454 Å². The van der Waals surface area contributed by atoms with Gasteiger partial charge >= 0.3 is 5.97 Å². The van der Waals surface area contributed by atoms with E-state index in [-0.39, 0.29) is 31.5 Å². The van der Waals surface area contributed by atoms with Crippen LogP contribution in [0.15, 0.2) is 12.2 Å². The van der Waals surface area contributed by atoms with Crippen LogP contribution in [0, 0.1) is 0 Å². The van der Waals surface area contributed by atoms with Crippen molar-refractivity contribution in [2.45, 2.75) is 341 Å². The average molecular weight is 1050 g/mol. The van der Waals surface area contributed by atoms with Crippen LogP contribution in [0.4, 0.5) is 0 Å². The van der Waals surface area contributed by atoms with E-state index in [4.69, 9.17) is 13.8 Å².